The first-order valence-corrected chi connectivity index (χ1v) is 8.35. The molecule has 2 aromatic rings. The minimum absolute atomic E-state index is 0.114. The average molecular weight is 356 g/mol. The SMILES string of the molecule is Nc1ccc(C(=O)N2CCC(O)(C#Cc3cccc(Cl)c3)CC2)cn1. The summed E-state index contributed by atoms with van der Waals surface area (Å²) < 4.78 is 0. The van der Waals surface area contributed by atoms with Gasteiger partial charge in [-0.3, -0.25) is 4.79 Å². The van der Waals surface area contributed by atoms with Gasteiger partial charge in [-0.1, -0.05) is 29.5 Å². The normalized spacial score (nSPS) is 16.0. The van der Waals surface area contributed by atoms with Crippen LogP contribution in [0.2, 0.25) is 5.02 Å². The molecular weight excluding hydrogens is 338 g/mol. The van der Waals surface area contributed by atoms with Gasteiger partial charge in [0.25, 0.3) is 5.91 Å². The Morgan fingerprint density at radius 3 is 2.68 bits per heavy atom. The first kappa shape index (κ1) is 17.3. The van der Waals surface area contributed by atoms with Crippen LogP contribution >= 0.6 is 11.6 Å². The molecule has 0 aliphatic carbocycles. The smallest absolute Gasteiger partial charge is 0.255 e. The molecule has 1 aromatic heterocycles. The zero-order chi connectivity index (χ0) is 17.9. The lowest BCUT2D eigenvalue weighted by Gasteiger charge is -2.35. The third-order valence-electron chi connectivity index (χ3n) is 4.18. The number of hydrogen-bond acceptors (Lipinski definition) is 4. The summed E-state index contributed by atoms with van der Waals surface area (Å²) in [6, 6.07) is 10.4. The molecule has 0 atom stereocenters. The summed E-state index contributed by atoms with van der Waals surface area (Å²) in [4.78, 5) is 18.1. The Kier molecular flexibility index (Phi) is 4.93. The Balaban J connectivity index is 1.65. The van der Waals surface area contributed by atoms with Crippen molar-refractivity contribution >= 4 is 23.3 Å². The highest BCUT2D eigenvalue weighted by molar-refractivity contribution is 6.30. The number of amides is 1. The Bertz CT molecular complexity index is 832. The molecule has 1 aliphatic heterocycles. The molecule has 1 saturated heterocycles. The minimum Gasteiger partial charge on any atom is -0.384 e. The summed E-state index contributed by atoms with van der Waals surface area (Å²) >= 11 is 5.94. The molecule has 0 unspecified atom stereocenters. The van der Waals surface area contributed by atoms with Crippen LogP contribution in [0, 0.1) is 11.8 Å². The van der Waals surface area contributed by atoms with Crippen LogP contribution in [0.25, 0.3) is 0 Å². The molecule has 25 heavy (non-hydrogen) atoms. The van der Waals surface area contributed by atoms with E-state index in [1.54, 1.807) is 29.2 Å². The molecule has 5 nitrogen and oxygen atoms in total. The second-order valence-corrected chi connectivity index (χ2v) is 6.49. The molecular formula is C19H18ClN3O2. The number of nitrogen functional groups attached to an aromatic ring is 1. The van der Waals surface area contributed by atoms with Crippen LogP contribution in [0.15, 0.2) is 42.6 Å². The molecule has 0 bridgehead atoms. The zero-order valence-corrected chi connectivity index (χ0v) is 14.3. The van der Waals surface area contributed by atoms with Crippen molar-refractivity contribution < 1.29 is 9.90 Å². The largest absolute Gasteiger partial charge is 0.384 e. The number of carbonyl (C=O) groups is 1. The maximum Gasteiger partial charge on any atom is 0.255 e. The number of halogens is 1. The highest BCUT2D eigenvalue weighted by atomic mass is 35.5. The molecule has 6 heteroatoms. The number of piperidine rings is 1. The highest BCUT2D eigenvalue weighted by Crippen LogP contribution is 2.23. The number of anilines is 1. The lowest BCUT2D eigenvalue weighted by atomic mass is 9.91. The minimum atomic E-state index is -1.10. The monoisotopic (exact) mass is 355 g/mol. The molecule has 3 rings (SSSR count). The summed E-state index contributed by atoms with van der Waals surface area (Å²) in [7, 11) is 0. The van der Waals surface area contributed by atoms with Gasteiger partial charge in [-0.05, 0) is 30.3 Å². The van der Waals surface area contributed by atoms with Crippen LogP contribution in [0.1, 0.15) is 28.8 Å². The van der Waals surface area contributed by atoms with Gasteiger partial charge in [0.15, 0.2) is 0 Å². The Morgan fingerprint density at radius 2 is 2.04 bits per heavy atom. The predicted octanol–water partition coefficient (Wildman–Crippen LogP) is 2.34. The third kappa shape index (κ3) is 4.30. The lowest BCUT2D eigenvalue weighted by molar-refractivity contribution is 0.0249. The summed E-state index contributed by atoms with van der Waals surface area (Å²) in [5.41, 5.74) is 5.69. The van der Waals surface area contributed by atoms with Gasteiger partial charge in [-0.25, -0.2) is 4.98 Å². The van der Waals surface area contributed by atoms with Crippen LogP contribution in [-0.4, -0.2) is 39.6 Å². The Labute approximate surface area is 151 Å². The summed E-state index contributed by atoms with van der Waals surface area (Å²) in [5, 5.41) is 11.2. The van der Waals surface area contributed by atoms with Crippen molar-refractivity contribution in [2.24, 2.45) is 0 Å². The number of rotatable bonds is 1. The topological polar surface area (TPSA) is 79.5 Å². The summed E-state index contributed by atoms with van der Waals surface area (Å²) in [6.45, 7) is 0.869. The number of aliphatic hydroxyl groups is 1. The molecule has 2 heterocycles. The summed E-state index contributed by atoms with van der Waals surface area (Å²) in [5.74, 6) is 6.16. The van der Waals surface area contributed by atoms with Crippen molar-refractivity contribution in [3.63, 3.8) is 0 Å². The maximum atomic E-state index is 12.5. The van der Waals surface area contributed by atoms with Gasteiger partial charge in [0.2, 0.25) is 0 Å². The molecule has 1 aromatic carbocycles. The number of carbonyl (C=O) groups excluding carboxylic acids is 1. The second kappa shape index (κ2) is 7.14. The molecule has 1 fully saturated rings. The zero-order valence-electron chi connectivity index (χ0n) is 13.6. The number of pyridine rings is 1. The predicted molar refractivity (Wildman–Crippen MR) is 97.1 cm³/mol. The molecule has 1 aliphatic rings. The van der Waals surface area contributed by atoms with Crippen LogP contribution in [0.5, 0.6) is 0 Å². The maximum absolute atomic E-state index is 12.5. The van der Waals surface area contributed by atoms with Gasteiger partial charge in [0, 0.05) is 42.7 Å². The van der Waals surface area contributed by atoms with Crippen molar-refractivity contribution in [1.29, 1.82) is 0 Å². The van der Waals surface area contributed by atoms with E-state index >= 15 is 0 Å². The van der Waals surface area contributed by atoms with Crippen molar-refractivity contribution in [3.8, 4) is 11.8 Å². The van der Waals surface area contributed by atoms with Crippen molar-refractivity contribution in [1.82, 2.24) is 9.88 Å². The van der Waals surface area contributed by atoms with E-state index in [4.69, 9.17) is 17.3 Å². The van der Waals surface area contributed by atoms with Gasteiger partial charge in [-0.15, -0.1) is 0 Å². The first-order chi connectivity index (χ1) is 12.0. The van der Waals surface area contributed by atoms with Crippen LogP contribution in [0.3, 0.4) is 0 Å². The van der Waals surface area contributed by atoms with Crippen molar-refractivity contribution in [2.45, 2.75) is 18.4 Å². The van der Waals surface area contributed by atoms with Crippen molar-refractivity contribution in [2.75, 3.05) is 18.8 Å². The average Bonchev–Trinajstić information content (AvgIpc) is 2.61. The van der Waals surface area contributed by atoms with Crippen LogP contribution < -0.4 is 5.73 Å². The molecule has 3 N–H and O–H groups in total. The van der Waals surface area contributed by atoms with Gasteiger partial charge in [0.05, 0.1) is 5.56 Å². The fourth-order valence-corrected chi connectivity index (χ4v) is 2.86. The van der Waals surface area contributed by atoms with E-state index in [2.05, 4.69) is 16.8 Å². The summed E-state index contributed by atoms with van der Waals surface area (Å²) in [6.07, 6.45) is 2.26. The van der Waals surface area contributed by atoms with E-state index < -0.39 is 5.60 Å². The Hall–Kier alpha value is -2.55. The number of nitrogens with zero attached hydrogens (tertiary/aromatic N) is 2. The van der Waals surface area contributed by atoms with Crippen LogP contribution in [-0.2, 0) is 0 Å². The van der Waals surface area contributed by atoms with E-state index in [0.717, 1.165) is 5.56 Å². The molecule has 128 valence electrons. The van der Waals surface area contributed by atoms with Gasteiger partial charge in [-0.2, -0.15) is 0 Å². The fraction of sp³-hybridized carbons (Fsp3) is 0.263. The Morgan fingerprint density at radius 1 is 1.28 bits per heavy atom. The van der Waals surface area contributed by atoms with E-state index in [1.807, 2.05) is 12.1 Å². The number of benzene rings is 1. The molecule has 0 radical (unpaired) electrons. The highest BCUT2D eigenvalue weighted by Gasteiger charge is 2.32. The molecule has 0 spiro atoms. The second-order valence-electron chi connectivity index (χ2n) is 6.06. The number of nitrogens with two attached hydrogens (primary N) is 1. The van der Waals surface area contributed by atoms with E-state index in [9.17, 15) is 9.90 Å². The van der Waals surface area contributed by atoms with E-state index in [0.29, 0.717) is 42.3 Å². The quantitative estimate of drug-likeness (QED) is 0.769. The molecule has 0 saturated carbocycles. The standard InChI is InChI=1S/C19H18ClN3O2/c20-16-3-1-2-14(12-16)6-7-19(25)8-10-23(11-9-19)18(24)15-4-5-17(21)22-13-15/h1-5,12-13,25H,8-11H2,(H2,21,22). The van der Waals surface area contributed by atoms with E-state index in [-0.39, 0.29) is 5.91 Å². The number of hydrogen-bond donors (Lipinski definition) is 2. The van der Waals surface area contributed by atoms with E-state index in [1.165, 1.54) is 6.20 Å². The first-order valence-electron chi connectivity index (χ1n) is 7.97. The lowest BCUT2D eigenvalue weighted by Crippen LogP contribution is -2.46. The van der Waals surface area contributed by atoms with Gasteiger partial charge in [0.1, 0.15) is 11.4 Å². The third-order valence-corrected chi connectivity index (χ3v) is 4.41. The fourth-order valence-electron chi connectivity index (χ4n) is 2.67. The van der Waals surface area contributed by atoms with Crippen molar-refractivity contribution in [3.05, 3.63) is 58.7 Å². The van der Waals surface area contributed by atoms with Gasteiger partial charge < -0.3 is 15.7 Å². The number of likely N-dealkylation sites (tertiary alicyclic amines) is 1. The molecule has 1 amide bonds. The van der Waals surface area contributed by atoms with Gasteiger partial charge >= 0.3 is 0 Å². The van der Waals surface area contributed by atoms with Crippen LogP contribution in [0.4, 0.5) is 5.82 Å². The number of aromatic nitrogens is 1.